The number of aromatic nitrogens is 3. The average molecular weight is 427 g/mol. The number of benzene rings is 2. The van der Waals surface area contributed by atoms with Crippen LogP contribution in [0.4, 0.5) is 0 Å². The second-order valence-corrected chi connectivity index (χ2v) is 7.70. The van der Waals surface area contributed by atoms with E-state index in [1.807, 2.05) is 50.3 Å². The minimum atomic E-state index is -1.12. The molecule has 7 nitrogen and oxygen atoms in total. The predicted molar refractivity (Wildman–Crippen MR) is 117 cm³/mol. The van der Waals surface area contributed by atoms with Crippen LogP contribution >= 0.6 is 0 Å². The molecule has 0 amide bonds. The standard InChI is InChI=1S/C21H18O2.C4H3N3O2/c1-3-15-19-14(10-12(2)21(15)23)8-9-17-16-7-5-4-6-13(16)11-18(22)20(17)19;8-4(9)3-1-5-2-6-7-3/h4-12,15H,3H2,1-2H3;1-2H,(H,8,9). The second kappa shape index (κ2) is 8.63. The Hall–Kier alpha value is -4.00. The lowest BCUT2D eigenvalue weighted by molar-refractivity contribution is -0.122. The van der Waals surface area contributed by atoms with Crippen LogP contribution in [-0.4, -0.2) is 37.8 Å². The van der Waals surface area contributed by atoms with Gasteiger partial charge in [0.25, 0.3) is 0 Å². The number of ketones is 2. The van der Waals surface area contributed by atoms with Gasteiger partial charge >= 0.3 is 5.97 Å². The molecule has 7 heteroatoms. The Balaban J connectivity index is 0.000000230. The minimum Gasteiger partial charge on any atom is -0.476 e. The molecule has 0 fully saturated rings. The number of carboxylic acid groups (broad SMARTS) is 1. The Morgan fingerprint density at radius 1 is 1.06 bits per heavy atom. The first-order valence-corrected chi connectivity index (χ1v) is 10.3. The molecule has 3 aromatic rings. The smallest absolute Gasteiger partial charge is 0.358 e. The maximum Gasteiger partial charge on any atom is 0.358 e. The second-order valence-electron chi connectivity index (χ2n) is 7.70. The first-order chi connectivity index (χ1) is 15.4. The highest BCUT2D eigenvalue weighted by Gasteiger charge is 2.31. The maximum absolute atomic E-state index is 12.8. The van der Waals surface area contributed by atoms with E-state index in [0.29, 0.717) is 0 Å². The summed E-state index contributed by atoms with van der Waals surface area (Å²) in [5.41, 5.74) is 1.52. The van der Waals surface area contributed by atoms with Crippen molar-refractivity contribution in [1.29, 1.82) is 0 Å². The van der Waals surface area contributed by atoms with E-state index < -0.39 is 5.97 Å². The van der Waals surface area contributed by atoms with Crippen LogP contribution in [0, 0.1) is 16.4 Å². The zero-order valence-electron chi connectivity index (χ0n) is 17.6. The van der Waals surface area contributed by atoms with E-state index in [2.05, 4.69) is 21.2 Å². The molecule has 0 radical (unpaired) electrons. The van der Waals surface area contributed by atoms with Crippen molar-refractivity contribution in [1.82, 2.24) is 15.2 Å². The van der Waals surface area contributed by atoms with Crippen LogP contribution in [0.25, 0.3) is 12.2 Å². The Morgan fingerprint density at radius 2 is 1.84 bits per heavy atom. The van der Waals surface area contributed by atoms with Crippen molar-refractivity contribution >= 4 is 29.7 Å². The normalized spacial score (nSPS) is 18.1. The number of carbonyl (C=O) groups excluding carboxylic acids is 2. The van der Waals surface area contributed by atoms with Gasteiger partial charge in [0.15, 0.2) is 11.5 Å². The van der Waals surface area contributed by atoms with E-state index in [9.17, 15) is 14.4 Å². The number of hydrogen-bond acceptors (Lipinski definition) is 6. The summed E-state index contributed by atoms with van der Waals surface area (Å²) in [5, 5.41) is 18.8. The number of aromatic carboxylic acids is 1. The fraction of sp³-hybridized carbons (Fsp3) is 0.200. The van der Waals surface area contributed by atoms with Crippen LogP contribution in [0.15, 0.2) is 48.9 Å². The van der Waals surface area contributed by atoms with Crippen LogP contribution in [0.2, 0.25) is 0 Å². The molecule has 0 aliphatic heterocycles. The molecule has 2 unspecified atom stereocenters. The summed E-state index contributed by atoms with van der Waals surface area (Å²) in [4.78, 5) is 38.9. The monoisotopic (exact) mass is 427 g/mol. The summed E-state index contributed by atoms with van der Waals surface area (Å²) in [6, 6.07) is 12.0. The SMILES string of the molecule is CCC1C(=O)C(C)C=c2ccc3c(c21)C(=O)C=c1ccccc1=3.O=C(O)c1cncnn1. The molecule has 0 saturated heterocycles. The number of carboxylic acids is 1. The van der Waals surface area contributed by atoms with Crippen LogP contribution in [0.5, 0.6) is 0 Å². The Morgan fingerprint density at radius 3 is 2.50 bits per heavy atom. The molecular formula is C25H21N3O4. The van der Waals surface area contributed by atoms with Crippen molar-refractivity contribution < 1.29 is 19.5 Å². The van der Waals surface area contributed by atoms with E-state index in [4.69, 9.17) is 5.11 Å². The number of fused-ring (bicyclic) bond motifs is 4. The third kappa shape index (κ3) is 3.73. The molecule has 2 aliphatic carbocycles. The Kier molecular flexibility index (Phi) is 5.73. The molecule has 1 heterocycles. The number of rotatable bonds is 2. The highest BCUT2D eigenvalue weighted by Crippen LogP contribution is 2.30. The van der Waals surface area contributed by atoms with Crippen molar-refractivity contribution in [2.45, 2.75) is 26.2 Å². The average Bonchev–Trinajstić information content (AvgIpc) is 2.81. The van der Waals surface area contributed by atoms with Gasteiger partial charge in [-0.25, -0.2) is 9.78 Å². The van der Waals surface area contributed by atoms with Crippen LogP contribution in [0.1, 0.15) is 52.6 Å². The van der Waals surface area contributed by atoms with E-state index >= 15 is 0 Å². The molecule has 0 saturated carbocycles. The lowest BCUT2D eigenvalue weighted by Crippen LogP contribution is -2.33. The highest BCUT2D eigenvalue weighted by molar-refractivity contribution is 6.19. The van der Waals surface area contributed by atoms with Gasteiger partial charge in [-0.15, -0.1) is 10.2 Å². The molecule has 0 bridgehead atoms. The topological polar surface area (TPSA) is 110 Å². The maximum atomic E-state index is 12.8. The zero-order chi connectivity index (χ0) is 22.8. The summed E-state index contributed by atoms with van der Waals surface area (Å²) in [6.45, 7) is 3.96. The van der Waals surface area contributed by atoms with Gasteiger partial charge in [0.2, 0.25) is 0 Å². The summed E-state index contributed by atoms with van der Waals surface area (Å²) < 4.78 is 0. The summed E-state index contributed by atoms with van der Waals surface area (Å²) >= 11 is 0. The van der Waals surface area contributed by atoms with Crippen molar-refractivity contribution in [3.8, 4) is 0 Å². The Bertz CT molecular complexity index is 1450. The van der Waals surface area contributed by atoms with Crippen LogP contribution in [-0.2, 0) is 4.79 Å². The largest absolute Gasteiger partial charge is 0.476 e. The van der Waals surface area contributed by atoms with Gasteiger partial charge in [-0.2, -0.15) is 0 Å². The highest BCUT2D eigenvalue weighted by atomic mass is 16.4. The molecule has 1 N–H and O–H groups in total. The fourth-order valence-electron chi connectivity index (χ4n) is 4.29. The quantitative estimate of drug-likeness (QED) is 0.666. The summed E-state index contributed by atoms with van der Waals surface area (Å²) in [6.07, 6.45) is 6.74. The van der Waals surface area contributed by atoms with Gasteiger partial charge in [-0.05, 0) is 38.9 Å². The molecule has 160 valence electrons. The first-order valence-electron chi connectivity index (χ1n) is 10.3. The third-order valence-corrected chi connectivity index (χ3v) is 5.74. The molecule has 2 atom stereocenters. The van der Waals surface area contributed by atoms with Crippen LogP contribution in [0.3, 0.4) is 0 Å². The van der Waals surface area contributed by atoms with Gasteiger partial charge in [-0.1, -0.05) is 56.3 Å². The summed E-state index contributed by atoms with van der Waals surface area (Å²) in [7, 11) is 0. The molecule has 5 rings (SSSR count). The third-order valence-electron chi connectivity index (χ3n) is 5.74. The molecular weight excluding hydrogens is 406 g/mol. The van der Waals surface area contributed by atoms with Gasteiger partial charge in [0, 0.05) is 17.4 Å². The summed E-state index contributed by atoms with van der Waals surface area (Å²) in [5.74, 6) is -1.14. The lowest BCUT2D eigenvalue weighted by Gasteiger charge is -2.25. The van der Waals surface area contributed by atoms with E-state index in [0.717, 1.165) is 44.6 Å². The zero-order valence-corrected chi connectivity index (χ0v) is 17.6. The van der Waals surface area contributed by atoms with Crippen molar-refractivity contribution in [2.75, 3.05) is 0 Å². The van der Waals surface area contributed by atoms with Gasteiger partial charge in [0.1, 0.15) is 12.1 Å². The predicted octanol–water partition coefficient (Wildman–Crippen LogP) is 2.01. The molecule has 0 spiro atoms. The lowest BCUT2D eigenvalue weighted by atomic mass is 9.76. The molecule has 32 heavy (non-hydrogen) atoms. The van der Waals surface area contributed by atoms with Gasteiger partial charge in [0.05, 0.1) is 6.20 Å². The fourth-order valence-corrected chi connectivity index (χ4v) is 4.29. The van der Waals surface area contributed by atoms with E-state index in [1.165, 1.54) is 6.33 Å². The molecule has 2 aliphatic rings. The number of carbonyl (C=O) groups is 3. The Labute approximate surface area is 183 Å². The first kappa shape index (κ1) is 21.2. The van der Waals surface area contributed by atoms with Crippen molar-refractivity contribution in [3.05, 3.63) is 86.6 Å². The van der Waals surface area contributed by atoms with Crippen LogP contribution < -0.4 is 10.4 Å². The van der Waals surface area contributed by atoms with Gasteiger partial charge in [-0.3, -0.25) is 9.59 Å². The minimum absolute atomic E-state index is 0.0183. The number of nitrogens with zero attached hydrogens (tertiary/aromatic N) is 3. The van der Waals surface area contributed by atoms with Gasteiger partial charge < -0.3 is 5.11 Å². The van der Waals surface area contributed by atoms with E-state index in [-0.39, 0.29) is 29.1 Å². The van der Waals surface area contributed by atoms with Crippen molar-refractivity contribution in [2.24, 2.45) is 5.92 Å². The number of hydrogen-bond donors (Lipinski definition) is 1. The molecule has 1 aromatic heterocycles. The number of Topliss-reactive ketones (excluding diaryl/α,β-unsaturated/α-hetero) is 2. The molecule has 2 aromatic carbocycles. The van der Waals surface area contributed by atoms with E-state index in [1.54, 1.807) is 6.08 Å². The van der Waals surface area contributed by atoms with Crippen molar-refractivity contribution in [3.63, 3.8) is 0 Å².